The van der Waals surface area contributed by atoms with Gasteiger partial charge in [0.05, 0.1) is 47.4 Å². The number of nitrogens with zero attached hydrogens (tertiary/aromatic N) is 4. The molecule has 13 heteroatoms. The van der Waals surface area contributed by atoms with Gasteiger partial charge < -0.3 is 24.6 Å². The predicted molar refractivity (Wildman–Crippen MR) is 188 cm³/mol. The first kappa shape index (κ1) is 35.6. The van der Waals surface area contributed by atoms with Crippen LogP contribution in [0.3, 0.4) is 0 Å². The van der Waals surface area contributed by atoms with Crippen LogP contribution >= 0.6 is 23.2 Å². The first-order valence-corrected chi connectivity index (χ1v) is 17.9. The van der Waals surface area contributed by atoms with Crippen molar-refractivity contribution in [2.75, 3.05) is 57.9 Å². The number of benzene rings is 2. The van der Waals surface area contributed by atoms with Crippen LogP contribution in [0.15, 0.2) is 42.6 Å². The van der Waals surface area contributed by atoms with Crippen LogP contribution in [0, 0.1) is 5.92 Å². The largest absolute Gasteiger partial charge is 0.481 e. The molecule has 2 atom stereocenters. The summed E-state index contributed by atoms with van der Waals surface area (Å²) in [7, 11) is 1.88. The van der Waals surface area contributed by atoms with Crippen molar-refractivity contribution < 1.29 is 28.6 Å². The number of aromatic nitrogens is 1. The number of carboxylic acid groups (broad SMARTS) is 1. The zero-order valence-electron chi connectivity index (χ0n) is 27.8. The van der Waals surface area contributed by atoms with E-state index in [0.29, 0.717) is 67.2 Å². The minimum atomic E-state index is -0.750. The second kappa shape index (κ2) is 15.8. The molecule has 2 aromatic carbocycles. The predicted octanol–water partition coefficient (Wildman–Crippen LogP) is 5.50. The topological polar surface area (TPSA) is 107 Å². The molecule has 49 heavy (non-hydrogen) atoms. The van der Waals surface area contributed by atoms with Crippen LogP contribution in [0.2, 0.25) is 10.0 Å². The molecule has 0 radical (unpaired) electrons. The number of amides is 2. The lowest BCUT2D eigenvalue weighted by molar-refractivity contribution is -0.144. The number of aryl methyl sites for hydroxylation is 1. The molecule has 0 bridgehead atoms. The third kappa shape index (κ3) is 8.23. The number of hydrogen-bond donors (Lipinski definition) is 2. The summed E-state index contributed by atoms with van der Waals surface area (Å²) in [6.07, 6.45) is 5.11. The minimum absolute atomic E-state index is 0.0271. The van der Waals surface area contributed by atoms with Crippen LogP contribution in [0.1, 0.15) is 48.0 Å². The number of aliphatic carboxylic acids is 1. The molecule has 2 N–H and O–H groups in total. The van der Waals surface area contributed by atoms with E-state index in [1.807, 2.05) is 40.8 Å². The first-order chi connectivity index (χ1) is 23.6. The fourth-order valence-corrected chi connectivity index (χ4v) is 8.08. The lowest BCUT2D eigenvalue weighted by atomic mass is 9.87. The van der Waals surface area contributed by atoms with Crippen LogP contribution < -0.4 is 5.32 Å². The number of carbonyl (C=O) groups is 3. The van der Waals surface area contributed by atoms with Gasteiger partial charge in [0.25, 0.3) is 5.91 Å². The highest BCUT2D eigenvalue weighted by Gasteiger charge is 2.39. The van der Waals surface area contributed by atoms with Crippen molar-refractivity contribution in [3.05, 3.63) is 63.8 Å². The van der Waals surface area contributed by atoms with Gasteiger partial charge in [-0.2, -0.15) is 0 Å². The molecular weight excluding hydrogens is 672 g/mol. The number of rotatable bonds is 11. The minimum Gasteiger partial charge on any atom is -0.481 e. The Labute approximate surface area is 296 Å². The van der Waals surface area contributed by atoms with E-state index in [2.05, 4.69) is 15.1 Å². The van der Waals surface area contributed by atoms with E-state index < -0.39 is 5.97 Å². The molecule has 3 fully saturated rings. The van der Waals surface area contributed by atoms with Crippen molar-refractivity contribution >= 4 is 57.6 Å². The fourth-order valence-electron chi connectivity index (χ4n) is 7.61. The number of hydrogen-bond acceptors (Lipinski definition) is 6. The number of carboxylic acids is 1. The number of anilines is 1. The molecule has 3 aliphatic rings. The van der Waals surface area contributed by atoms with E-state index in [4.69, 9.17) is 27.9 Å². The molecular formula is C36H44Cl2FN5O5. The molecule has 6 rings (SSSR count). The average Bonchev–Trinajstić information content (AvgIpc) is 3.68. The van der Waals surface area contributed by atoms with Gasteiger partial charge in [-0.25, -0.2) is 4.39 Å². The Morgan fingerprint density at radius 1 is 1.02 bits per heavy atom. The number of ether oxygens (including phenoxy) is 1. The van der Waals surface area contributed by atoms with Crippen molar-refractivity contribution in [2.45, 2.75) is 56.7 Å². The van der Waals surface area contributed by atoms with E-state index in [9.17, 15) is 23.9 Å². The van der Waals surface area contributed by atoms with E-state index in [1.54, 1.807) is 18.3 Å². The SMILES string of the molecule is Cn1cc(C(=O)Nc2cc(Cl)c(CC(=O)N3C[C@@H](N4CCN(CCF)CC4)C[C@H]3COC3CCC(C(=O)O)CC3)cc2Cl)c2ccccc21. The van der Waals surface area contributed by atoms with Gasteiger partial charge in [-0.05, 0) is 55.9 Å². The summed E-state index contributed by atoms with van der Waals surface area (Å²) < 4.78 is 21.1. The quantitative estimate of drug-likeness (QED) is 0.270. The maximum Gasteiger partial charge on any atom is 0.306 e. The molecule has 264 valence electrons. The molecule has 2 aliphatic heterocycles. The number of para-hydroxylation sites is 1. The summed E-state index contributed by atoms with van der Waals surface area (Å²) in [6, 6.07) is 10.9. The molecule has 3 aromatic rings. The number of carbonyl (C=O) groups excluding carboxylic acids is 2. The van der Waals surface area contributed by atoms with E-state index in [0.717, 1.165) is 43.5 Å². The van der Waals surface area contributed by atoms with Crippen molar-refractivity contribution in [3.63, 3.8) is 0 Å². The summed E-state index contributed by atoms with van der Waals surface area (Å²) >= 11 is 13.4. The molecule has 10 nitrogen and oxygen atoms in total. The summed E-state index contributed by atoms with van der Waals surface area (Å²) in [5, 5.41) is 13.7. The summed E-state index contributed by atoms with van der Waals surface area (Å²) in [4.78, 5) is 45.0. The molecule has 1 aliphatic carbocycles. The van der Waals surface area contributed by atoms with Gasteiger partial charge in [0.15, 0.2) is 0 Å². The molecule has 3 heterocycles. The second-order valence-corrected chi connectivity index (χ2v) is 14.3. The third-order valence-corrected chi connectivity index (χ3v) is 11.1. The van der Waals surface area contributed by atoms with Crippen LogP contribution in [0.25, 0.3) is 10.9 Å². The Bertz CT molecular complexity index is 1670. The average molecular weight is 717 g/mol. The van der Waals surface area contributed by atoms with Gasteiger partial charge in [0.2, 0.25) is 5.91 Å². The summed E-state index contributed by atoms with van der Waals surface area (Å²) in [5.74, 6) is -1.47. The highest BCUT2D eigenvalue weighted by molar-refractivity contribution is 6.36. The Kier molecular flexibility index (Phi) is 11.5. The van der Waals surface area contributed by atoms with E-state index in [1.165, 1.54) is 0 Å². The van der Waals surface area contributed by atoms with Crippen LogP contribution in [0.4, 0.5) is 10.1 Å². The summed E-state index contributed by atoms with van der Waals surface area (Å²) in [5.41, 5.74) is 2.37. The molecule has 0 spiro atoms. The van der Waals surface area contributed by atoms with Gasteiger partial charge >= 0.3 is 5.97 Å². The smallest absolute Gasteiger partial charge is 0.306 e. The van der Waals surface area contributed by atoms with Crippen molar-refractivity contribution in [1.82, 2.24) is 19.3 Å². The van der Waals surface area contributed by atoms with Gasteiger partial charge in [0, 0.05) is 74.5 Å². The summed E-state index contributed by atoms with van der Waals surface area (Å²) in [6.45, 7) is 4.22. The standard InChI is InChI=1S/C36H44Cl2FN5O5/c1-41-21-29(28-4-2-3-5-33(28)41)35(46)40-32-19-30(37)24(16-31(32)38)17-34(45)44-20-25(43-14-12-42(11-10-39)13-15-43)18-26(44)22-49-27-8-6-23(7-9-27)36(47)48/h2-5,16,19,21,23,25-27H,6-15,17-18,20,22H2,1H3,(H,40,46)(H,47,48)/t23?,25-,26-,27?/m0/s1. The lowest BCUT2D eigenvalue weighted by Crippen LogP contribution is -2.51. The highest BCUT2D eigenvalue weighted by atomic mass is 35.5. The number of halogens is 3. The fraction of sp³-hybridized carbons (Fsp3) is 0.528. The van der Waals surface area contributed by atoms with Crippen LogP contribution in [-0.2, 0) is 27.8 Å². The zero-order valence-corrected chi connectivity index (χ0v) is 29.3. The maximum atomic E-state index is 14.0. The zero-order chi connectivity index (χ0) is 34.7. The third-order valence-electron chi connectivity index (χ3n) is 10.5. The lowest BCUT2D eigenvalue weighted by Gasteiger charge is -2.37. The maximum absolute atomic E-state index is 14.0. The first-order valence-electron chi connectivity index (χ1n) is 17.1. The van der Waals surface area contributed by atoms with Crippen molar-refractivity contribution in [2.24, 2.45) is 13.0 Å². The van der Waals surface area contributed by atoms with E-state index in [-0.39, 0.29) is 54.0 Å². The highest BCUT2D eigenvalue weighted by Crippen LogP contribution is 2.33. The van der Waals surface area contributed by atoms with Gasteiger partial charge in [-0.15, -0.1) is 0 Å². The van der Waals surface area contributed by atoms with Crippen molar-refractivity contribution in [3.8, 4) is 0 Å². The molecule has 1 saturated carbocycles. The number of piperazine rings is 1. The second-order valence-electron chi connectivity index (χ2n) is 13.5. The Hall–Kier alpha value is -3.22. The molecule has 2 amide bonds. The van der Waals surface area contributed by atoms with E-state index >= 15 is 0 Å². The normalized spacial score (nSPS) is 23.6. The Morgan fingerprint density at radius 3 is 2.47 bits per heavy atom. The number of fused-ring (bicyclic) bond motifs is 1. The Morgan fingerprint density at radius 2 is 1.76 bits per heavy atom. The Balaban J connectivity index is 1.13. The van der Waals surface area contributed by atoms with Gasteiger partial charge in [-0.1, -0.05) is 41.4 Å². The van der Waals surface area contributed by atoms with Gasteiger partial charge in [0.1, 0.15) is 6.67 Å². The molecule has 2 saturated heterocycles. The monoisotopic (exact) mass is 715 g/mol. The van der Waals surface area contributed by atoms with Gasteiger partial charge in [-0.3, -0.25) is 24.2 Å². The molecule has 1 aromatic heterocycles. The number of alkyl halides is 1. The number of likely N-dealkylation sites (tertiary alicyclic amines) is 1. The molecule has 0 unspecified atom stereocenters. The van der Waals surface area contributed by atoms with Crippen molar-refractivity contribution in [1.29, 1.82) is 0 Å². The van der Waals surface area contributed by atoms with Crippen LogP contribution in [-0.4, -0.2) is 113 Å². The number of nitrogens with one attached hydrogen (secondary N) is 1. The van der Waals surface area contributed by atoms with Crippen LogP contribution in [0.5, 0.6) is 0 Å².